The van der Waals surface area contributed by atoms with Gasteiger partial charge in [0, 0.05) is 23.5 Å². The van der Waals surface area contributed by atoms with E-state index in [1.807, 2.05) is 24.3 Å². The second kappa shape index (κ2) is 6.44. The van der Waals surface area contributed by atoms with E-state index in [-0.39, 0.29) is 12.5 Å². The summed E-state index contributed by atoms with van der Waals surface area (Å²) in [5.74, 6) is 0.510. The van der Waals surface area contributed by atoms with Crippen molar-refractivity contribution in [2.24, 2.45) is 0 Å². The number of rotatable bonds is 5. The van der Waals surface area contributed by atoms with Gasteiger partial charge in [-0.2, -0.15) is 5.10 Å². The van der Waals surface area contributed by atoms with Gasteiger partial charge in [-0.25, -0.2) is 9.67 Å². The van der Waals surface area contributed by atoms with Gasteiger partial charge >= 0.3 is 0 Å². The van der Waals surface area contributed by atoms with E-state index in [9.17, 15) is 4.79 Å². The van der Waals surface area contributed by atoms with E-state index in [0.29, 0.717) is 17.4 Å². The van der Waals surface area contributed by atoms with E-state index in [1.165, 1.54) is 0 Å². The Hall–Kier alpha value is -2.60. The smallest absolute Gasteiger partial charge is 0.245 e. The largest absolute Gasteiger partial charge is 0.328 e. The molecule has 1 amide bonds. The van der Waals surface area contributed by atoms with Crippen molar-refractivity contribution in [3.8, 4) is 0 Å². The highest BCUT2D eigenvalue weighted by Gasteiger charge is 2.08. The Bertz CT molecular complexity index is 766. The maximum atomic E-state index is 12.0. The van der Waals surface area contributed by atoms with Gasteiger partial charge in [0.2, 0.25) is 5.91 Å². The second-order valence-electron chi connectivity index (χ2n) is 4.79. The van der Waals surface area contributed by atoms with Crippen molar-refractivity contribution < 1.29 is 4.79 Å². The number of carbonyl (C=O) groups excluding carboxylic acids is 1. The summed E-state index contributed by atoms with van der Waals surface area (Å²) >= 11 is 5.98. The predicted molar refractivity (Wildman–Crippen MR) is 83.6 cm³/mol. The number of carbonyl (C=O) groups is 1. The Balaban J connectivity index is 1.68. The molecule has 3 rings (SSSR count). The molecule has 0 unspecified atom stereocenters. The number of aromatic nitrogens is 4. The highest BCUT2D eigenvalue weighted by atomic mass is 35.5. The van der Waals surface area contributed by atoms with Gasteiger partial charge in [-0.05, 0) is 17.7 Å². The van der Waals surface area contributed by atoms with Gasteiger partial charge in [-0.1, -0.05) is 23.7 Å². The Morgan fingerprint density at radius 3 is 2.95 bits per heavy atom. The summed E-state index contributed by atoms with van der Waals surface area (Å²) < 4.78 is 3.42. The maximum Gasteiger partial charge on any atom is 0.245 e. The van der Waals surface area contributed by atoms with Crippen LogP contribution in [0.3, 0.4) is 0 Å². The van der Waals surface area contributed by atoms with Crippen LogP contribution in [-0.2, 0) is 17.9 Å². The first-order valence-electron chi connectivity index (χ1n) is 6.72. The molecule has 0 spiro atoms. The molecule has 0 aliphatic heterocycles. The minimum atomic E-state index is -0.133. The predicted octanol–water partition coefficient (Wildman–Crippen LogP) is 2.42. The SMILES string of the molecule is O=C(Cn1ccnc1)Nc1ccnn1Cc1cccc(Cl)c1. The Morgan fingerprint density at radius 2 is 2.18 bits per heavy atom. The maximum absolute atomic E-state index is 12.0. The first-order valence-corrected chi connectivity index (χ1v) is 7.10. The van der Waals surface area contributed by atoms with Crippen LogP contribution in [-0.4, -0.2) is 25.2 Å². The van der Waals surface area contributed by atoms with E-state index in [0.717, 1.165) is 5.56 Å². The summed E-state index contributed by atoms with van der Waals surface area (Å²) in [5.41, 5.74) is 1.02. The van der Waals surface area contributed by atoms with Gasteiger partial charge in [0.1, 0.15) is 12.4 Å². The average Bonchev–Trinajstić information content (AvgIpc) is 3.12. The van der Waals surface area contributed by atoms with Gasteiger partial charge in [0.15, 0.2) is 0 Å². The minimum Gasteiger partial charge on any atom is -0.328 e. The van der Waals surface area contributed by atoms with E-state index >= 15 is 0 Å². The molecule has 7 heteroatoms. The summed E-state index contributed by atoms with van der Waals surface area (Å²) in [6, 6.07) is 9.31. The molecule has 3 aromatic rings. The second-order valence-corrected chi connectivity index (χ2v) is 5.22. The number of halogens is 1. The first-order chi connectivity index (χ1) is 10.7. The van der Waals surface area contributed by atoms with Crippen LogP contribution in [0.25, 0.3) is 0 Å². The molecule has 0 aliphatic carbocycles. The van der Waals surface area contributed by atoms with Crippen molar-refractivity contribution in [1.29, 1.82) is 0 Å². The number of imidazole rings is 1. The van der Waals surface area contributed by atoms with E-state index in [1.54, 1.807) is 40.2 Å². The summed E-state index contributed by atoms with van der Waals surface area (Å²) in [6.45, 7) is 0.747. The van der Waals surface area contributed by atoms with Crippen molar-refractivity contribution in [2.45, 2.75) is 13.1 Å². The van der Waals surface area contributed by atoms with E-state index in [4.69, 9.17) is 11.6 Å². The topological polar surface area (TPSA) is 64.7 Å². The first kappa shape index (κ1) is 14.3. The van der Waals surface area contributed by atoms with Crippen LogP contribution < -0.4 is 5.32 Å². The number of benzene rings is 1. The fourth-order valence-corrected chi connectivity index (χ4v) is 2.31. The van der Waals surface area contributed by atoms with Crippen molar-refractivity contribution in [2.75, 3.05) is 5.32 Å². The number of amides is 1. The van der Waals surface area contributed by atoms with Crippen molar-refractivity contribution in [1.82, 2.24) is 19.3 Å². The van der Waals surface area contributed by atoms with Gasteiger partial charge in [0.05, 0.1) is 19.1 Å². The molecular formula is C15H14ClN5O. The monoisotopic (exact) mass is 315 g/mol. The number of nitrogens with one attached hydrogen (secondary N) is 1. The summed E-state index contributed by atoms with van der Waals surface area (Å²) in [6.07, 6.45) is 6.62. The van der Waals surface area contributed by atoms with Crippen LogP contribution in [0, 0.1) is 0 Å². The van der Waals surface area contributed by atoms with Crippen LogP contribution in [0.15, 0.2) is 55.2 Å². The number of hydrogen-bond acceptors (Lipinski definition) is 3. The summed E-state index contributed by atoms with van der Waals surface area (Å²) in [4.78, 5) is 15.9. The van der Waals surface area contributed by atoms with Gasteiger partial charge in [-0.15, -0.1) is 0 Å². The van der Waals surface area contributed by atoms with Crippen molar-refractivity contribution in [3.63, 3.8) is 0 Å². The third-order valence-corrected chi connectivity index (χ3v) is 3.33. The quantitative estimate of drug-likeness (QED) is 0.786. The average molecular weight is 316 g/mol. The third-order valence-electron chi connectivity index (χ3n) is 3.09. The molecule has 6 nitrogen and oxygen atoms in total. The zero-order valence-corrected chi connectivity index (χ0v) is 12.4. The Kier molecular flexibility index (Phi) is 4.20. The van der Waals surface area contributed by atoms with Crippen LogP contribution in [0.5, 0.6) is 0 Å². The molecule has 0 radical (unpaired) electrons. The highest BCUT2D eigenvalue weighted by molar-refractivity contribution is 6.30. The van der Waals surface area contributed by atoms with Crippen molar-refractivity contribution in [3.05, 3.63) is 65.8 Å². The lowest BCUT2D eigenvalue weighted by Crippen LogP contribution is -2.20. The van der Waals surface area contributed by atoms with E-state index < -0.39 is 0 Å². The normalized spacial score (nSPS) is 10.6. The Morgan fingerprint density at radius 1 is 1.27 bits per heavy atom. The fraction of sp³-hybridized carbons (Fsp3) is 0.133. The third kappa shape index (κ3) is 3.53. The highest BCUT2D eigenvalue weighted by Crippen LogP contribution is 2.14. The standard InChI is InChI=1S/C15H14ClN5O/c16-13-3-1-2-12(8-13)9-21-14(4-5-18-21)19-15(22)10-20-7-6-17-11-20/h1-8,11H,9-10H2,(H,19,22). The van der Waals surface area contributed by atoms with Crippen molar-refractivity contribution >= 4 is 23.3 Å². The molecule has 0 aliphatic rings. The van der Waals surface area contributed by atoms with E-state index in [2.05, 4.69) is 15.4 Å². The number of hydrogen-bond donors (Lipinski definition) is 1. The summed E-state index contributed by atoms with van der Waals surface area (Å²) in [5, 5.41) is 7.75. The molecule has 2 heterocycles. The molecule has 0 fully saturated rings. The number of anilines is 1. The molecule has 0 saturated heterocycles. The molecule has 1 N–H and O–H groups in total. The summed E-state index contributed by atoms with van der Waals surface area (Å²) in [7, 11) is 0. The lowest BCUT2D eigenvalue weighted by atomic mass is 10.2. The van der Waals surface area contributed by atoms with Crippen LogP contribution in [0.1, 0.15) is 5.56 Å². The van der Waals surface area contributed by atoms with Gasteiger partial charge < -0.3 is 9.88 Å². The van der Waals surface area contributed by atoms with Gasteiger partial charge in [0.25, 0.3) is 0 Å². The molecule has 0 saturated carbocycles. The molecule has 0 bridgehead atoms. The van der Waals surface area contributed by atoms with Crippen LogP contribution in [0.4, 0.5) is 5.82 Å². The zero-order chi connectivity index (χ0) is 15.4. The molecule has 22 heavy (non-hydrogen) atoms. The van der Waals surface area contributed by atoms with Crippen LogP contribution >= 0.6 is 11.6 Å². The number of nitrogens with zero attached hydrogens (tertiary/aromatic N) is 4. The zero-order valence-electron chi connectivity index (χ0n) is 11.7. The minimum absolute atomic E-state index is 0.133. The fourth-order valence-electron chi connectivity index (χ4n) is 2.10. The molecule has 1 aromatic carbocycles. The Labute approximate surface area is 132 Å². The van der Waals surface area contributed by atoms with Crippen LogP contribution in [0.2, 0.25) is 5.02 Å². The molecule has 0 atom stereocenters. The molecular weight excluding hydrogens is 302 g/mol. The molecule has 112 valence electrons. The lowest BCUT2D eigenvalue weighted by molar-refractivity contribution is -0.116. The lowest BCUT2D eigenvalue weighted by Gasteiger charge is -2.09. The van der Waals surface area contributed by atoms with Gasteiger partial charge in [-0.3, -0.25) is 4.79 Å². The molecule has 2 aromatic heterocycles.